The first-order valence-corrected chi connectivity index (χ1v) is 8.74. The Morgan fingerprint density at radius 1 is 1.28 bits per heavy atom. The molecule has 0 amide bonds. The number of fused-ring (bicyclic) bond motifs is 2. The number of nitrogens with zero attached hydrogens (tertiary/aromatic N) is 2. The van der Waals surface area contributed by atoms with E-state index in [4.69, 9.17) is 9.47 Å². The SMILES string of the molecule is CCC1COc2cc3c(Nc4cccc(Br)c4F)ncnc3cc2O1. The molecule has 0 fully saturated rings. The molecular weight excluding hydrogens is 389 g/mol. The number of nitrogens with one attached hydrogen (secondary N) is 1. The van der Waals surface area contributed by atoms with Crippen LogP contribution >= 0.6 is 15.9 Å². The Morgan fingerprint density at radius 3 is 3.00 bits per heavy atom. The molecule has 25 heavy (non-hydrogen) atoms. The summed E-state index contributed by atoms with van der Waals surface area (Å²) in [6.07, 6.45) is 2.35. The predicted molar refractivity (Wildman–Crippen MR) is 97.1 cm³/mol. The van der Waals surface area contributed by atoms with E-state index >= 15 is 0 Å². The van der Waals surface area contributed by atoms with Crippen LogP contribution in [0.15, 0.2) is 41.1 Å². The average molecular weight is 404 g/mol. The van der Waals surface area contributed by atoms with Crippen LogP contribution in [0.3, 0.4) is 0 Å². The summed E-state index contributed by atoms with van der Waals surface area (Å²) in [5.41, 5.74) is 1.03. The molecule has 0 saturated carbocycles. The van der Waals surface area contributed by atoms with Gasteiger partial charge in [-0.05, 0) is 40.5 Å². The monoisotopic (exact) mass is 403 g/mol. The average Bonchev–Trinajstić information content (AvgIpc) is 2.63. The summed E-state index contributed by atoms with van der Waals surface area (Å²) in [5.74, 6) is 1.44. The molecular formula is C18H15BrFN3O2. The van der Waals surface area contributed by atoms with Gasteiger partial charge in [-0.15, -0.1) is 0 Å². The third kappa shape index (κ3) is 3.00. The number of anilines is 2. The van der Waals surface area contributed by atoms with Crippen molar-refractivity contribution in [1.29, 1.82) is 0 Å². The molecule has 2 heterocycles. The van der Waals surface area contributed by atoms with Crippen molar-refractivity contribution in [2.45, 2.75) is 19.4 Å². The molecule has 1 aliphatic heterocycles. The van der Waals surface area contributed by atoms with Crippen molar-refractivity contribution in [3.8, 4) is 11.5 Å². The van der Waals surface area contributed by atoms with Crippen molar-refractivity contribution >= 4 is 38.3 Å². The van der Waals surface area contributed by atoms with E-state index in [2.05, 4.69) is 38.1 Å². The summed E-state index contributed by atoms with van der Waals surface area (Å²) in [6.45, 7) is 2.56. The van der Waals surface area contributed by atoms with E-state index in [1.165, 1.54) is 6.33 Å². The van der Waals surface area contributed by atoms with Gasteiger partial charge in [-0.3, -0.25) is 0 Å². The topological polar surface area (TPSA) is 56.3 Å². The van der Waals surface area contributed by atoms with Crippen LogP contribution in [0.25, 0.3) is 10.9 Å². The Bertz CT molecular complexity index is 951. The highest BCUT2D eigenvalue weighted by atomic mass is 79.9. The molecule has 0 spiro atoms. The van der Waals surface area contributed by atoms with Crippen LogP contribution in [0, 0.1) is 5.82 Å². The van der Waals surface area contributed by atoms with E-state index in [-0.39, 0.29) is 11.9 Å². The van der Waals surface area contributed by atoms with E-state index in [1.54, 1.807) is 18.2 Å². The second-order valence-electron chi connectivity index (χ2n) is 5.72. The van der Waals surface area contributed by atoms with Crippen molar-refractivity contribution in [3.05, 3.63) is 46.9 Å². The highest BCUT2D eigenvalue weighted by Gasteiger charge is 2.21. The molecule has 1 atom stereocenters. The van der Waals surface area contributed by atoms with Crippen molar-refractivity contribution in [1.82, 2.24) is 9.97 Å². The van der Waals surface area contributed by atoms with Gasteiger partial charge in [0.2, 0.25) is 0 Å². The van der Waals surface area contributed by atoms with E-state index < -0.39 is 0 Å². The molecule has 128 valence electrons. The Morgan fingerprint density at radius 2 is 2.16 bits per heavy atom. The molecule has 1 aromatic heterocycles. The molecule has 1 N–H and O–H groups in total. The van der Waals surface area contributed by atoms with Crippen molar-refractivity contribution in [2.24, 2.45) is 0 Å². The Kier molecular flexibility index (Phi) is 4.17. The standard InChI is InChI=1S/C18H15BrFN3O2/c1-2-10-8-24-15-6-11-14(7-16(15)25-10)21-9-22-18(11)23-13-5-3-4-12(19)17(13)20/h3-7,9-10H,2,8H2,1H3,(H,21,22,23). The van der Waals surface area contributed by atoms with Gasteiger partial charge in [0.15, 0.2) is 17.3 Å². The Labute approximate surface area is 152 Å². The lowest BCUT2D eigenvalue weighted by atomic mass is 10.1. The molecule has 3 aromatic rings. The molecule has 1 unspecified atom stereocenters. The predicted octanol–water partition coefficient (Wildman–Crippen LogP) is 4.82. The summed E-state index contributed by atoms with van der Waals surface area (Å²) in [4.78, 5) is 8.55. The Hall–Kier alpha value is -2.41. The maximum absolute atomic E-state index is 14.2. The van der Waals surface area contributed by atoms with Gasteiger partial charge in [-0.25, -0.2) is 14.4 Å². The van der Waals surface area contributed by atoms with Crippen LogP contribution in [-0.2, 0) is 0 Å². The fraction of sp³-hybridized carbons (Fsp3) is 0.222. The van der Waals surface area contributed by atoms with Gasteiger partial charge in [0.05, 0.1) is 15.7 Å². The van der Waals surface area contributed by atoms with Gasteiger partial charge in [-0.2, -0.15) is 0 Å². The first-order valence-electron chi connectivity index (χ1n) is 7.95. The second kappa shape index (κ2) is 6.48. The van der Waals surface area contributed by atoms with E-state index in [0.29, 0.717) is 39.6 Å². The number of hydrogen-bond donors (Lipinski definition) is 1. The quantitative estimate of drug-likeness (QED) is 0.678. The summed E-state index contributed by atoms with van der Waals surface area (Å²) in [5, 5.41) is 3.77. The lowest BCUT2D eigenvalue weighted by molar-refractivity contribution is 0.0888. The fourth-order valence-corrected chi connectivity index (χ4v) is 3.06. The lowest BCUT2D eigenvalue weighted by Crippen LogP contribution is -2.28. The van der Waals surface area contributed by atoms with Crippen LogP contribution in [0.5, 0.6) is 11.5 Å². The molecule has 0 radical (unpaired) electrons. The van der Waals surface area contributed by atoms with E-state index in [9.17, 15) is 4.39 Å². The number of aromatic nitrogens is 2. The summed E-state index contributed by atoms with van der Waals surface area (Å²) < 4.78 is 26.3. The molecule has 2 aromatic carbocycles. The highest BCUT2D eigenvalue weighted by Crippen LogP contribution is 2.38. The second-order valence-corrected chi connectivity index (χ2v) is 6.58. The number of rotatable bonds is 3. The van der Waals surface area contributed by atoms with E-state index in [0.717, 1.165) is 11.8 Å². The van der Waals surface area contributed by atoms with E-state index in [1.807, 2.05) is 12.1 Å². The normalized spacial score (nSPS) is 16.0. The van der Waals surface area contributed by atoms with Crippen LogP contribution in [0.1, 0.15) is 13.3 Å². The minimum Gasteiger partial charge on any atom is -0.486 e. The number of ether oxygens (including phenoxy) is 2. The molecule has 0 aliphatic carbocycles. The third-order valence-corrected chi connectivity index (χ3v) is 4.69. The van der Waals surface area contributed by atoms with Gasteiger partial charge in [0.1, 0.15) is 24.9 Å². The summed E-state index contributed by atoms with van der Waals surface area (Å²) in [7, 11) is 0. The van der Waals surface area contributed by atoms with Gasteiger partial charge in [-0.1, -0.05) is 13.0 Å². The van der Waals surface area contributed by atoms with Gasteiger partial charge < -0.3 is 14.8 Å². The molecule has 0 bridgehead atoms. The minimum absolute atomic E-state index is 0.0418. The molecule has 0 saturated heterocycles. The zero-order chi connectivity index (χ0) is 17.4. The first kappa shape index (κ1) is 16.1. The van der Waals surface area contributed by atoms with Crippen LogP contribution in [0.2, 0.25) is 0 Å². The molecule has 1 aliphatic rings. The molecule has 7 heteroatoms. The Balaban J connectivity index is 1.76. The third-order valence-electron chi connectivity index (χ3n) is 4.08. The van der Waals surface area contributed by atoms with Crippen LogP contribution in [0.4, 0.5) is 15.9 Å². The lowest BCUT2D eigenvalue weighted by Gasteiger charge is -2.26. The van der Waals surface area contributed by atoms with Crippen LogP contribution in [-0.4, -0.2) is 22.7 Å². The number of benzene rings is 2. The zero-order valence-corrected chi connectivity index (χ0v) is 15.0. The van der Waals surface area contributed by atoms with Gasteiger partial charge in [0, 0.05) is 11.5 Å². The van der Waals surface area contributed by atoms with Gasteiger partial charge in [0.25, 0.3) is 0 Å². The minimum atomic E-state index is -0.377. The fourth-order valence-electron chi connectivity index (χ4n) is 2.69. The molecule has 5 nitrogen and oxygen atoms in total. The van der Waals surface area contributed by atoms with Crippen molar-refractivity contribution in [2.75, 3.05) is 11.9 Å². The summed E-state index contributed by atoms with van der Waals surface area (Å²) in [6, 6.07) is 8.70. The first-order chi connectivity index (χ1) is 12.2. The highest BCUT2D eigenvalue weighted by molar-refractivity contribution is 9.10. The zero-order valence-electron chi connectivity index (χ0n) is 13.4. The number of hydrogen-bond acceptors (Lipinski definition) is 5. The van der Waals surface area contributed by atoms with Crippen molar-refractivity contribution in [3.63, 3.8) is 0 Å². The maximum atomic E-state index is 14.2. The summed E-state index contributed by atoms with van der Waals surface area (Å²) >= 11 is 3.19. The molecule has 4 rings (SSSR count). The smallest absolute Gasteiger partial charge is 0.163 e. The van der Waals surface area contributed by atoms with Gasteiger partial charge >= 0.3 is 0 Å². The van der Waals surface area contributed by atoms with Crippen LogP contribution < -0.4 is 14.8 Å². The van der Waals surface area contributed by atoms with Crippen molar-refractivity contribution < 1.29 is 13.9 Å². The maximum Gasteiger partial charge on any atom is 0.163 e. The number of halogens is 2. The largest absolute Gasteiger partial charge is 0.486 e.